The van der Waals surface area contributed by atoms with Crippen LogP contribution in [-0.4, -0.2) is 28.4 Å². The first-order chi connectivity index (χ1) is 12.5. The quantitative estimate of drug-likeness (QED) is 0.751. The maximum atomic E-state index is 12.9. The number of fused-ring (bicyclic) bond motifs is 2. The number of amides is 1. The molecule has 0 saturated carbocycles. The van der Waals surface area contributed by atoms with Gasteiger partial charge in [-0.1, -0.05) is 29.3 Å². The van der Waals surface area contributed by atoms with Gasteiger partial charge in [-0.3, -0.25) is 14.3 Å². The van der Waals surface area contributed by atoms with Gasteiger partial charge in [0.25, 0.3) is 11.5 Å². The lowest BCUT2D eigenvalue weighted by atomic mass is 10.1. The molecule has 6 nitrogen and oxygen atoms in total. The molecule has 1 amide bonds. The van der Waals surface area contributed by atoms with Crippen LogP contribution in [0, 0.1) is 0 Å². The van der Waals surface area contributed by atoms with Gasteiger partial charge < -0.3 is 9.64 Å². The molecule has 2 aromatic rings. The van der Waals surface area contributed by atoms with E-state index in [2.05, 4.69) is 6.58 Å². The fraction of sp³-hybridized carbons (Fsp3) is 0.333. The lowest BCUT2D eigenvalue weighted by Gasteiger charge is -2.29. The van der Waals surface area contributed by atoms with E-state index >= 15 is 0 Å². The van der Waals surface area contributed by atoms with Gasteiger partial charge >= 0.3 is 0 Å². The predicted octanol–water partition coefficient (Wildman–Crippen LogP) is 3.33. The summed E-state index contributed by atoms with van der Waals surface area (Å²) >= 11 is 13.0. The smallest absolute Gasteiger partial charge is 0.276 e. The van der Waals surface area contributed by atoms with Crippen LogP contribution >= 0.6 is 23.2 Å². The van der Waals surface area contributed by atoms with Crippen LogP contribution in [0.3, 0.4) is 0 Å². The Hall–Kier alpha value is -2.18. The molecule has 8 heteroatoms. The molecule has 136 valence electrons. The van der Waals surface area contributed by atoms with E-state index in [1.807, 2.05) is 0 Å². The summed E-state index contributed by atoms with van der Waals surface area (Å²) in [5.41, 5.74) is 1.25. The van der Waals surface area contributed by atoms with Crippen LogP contribution < -0.4 is 15.2 Å². The summed E-state index contributed by atoms with van der Waals surface area (Å²) in [6, 6.07) is 3.33. The van der Waals surface area contributed by atoms with Crippen LogP contribution in [0.4, 0.5) is 5.69 Å². The van der Waals surface area contributed by atoms with E-state index in [-0.39, 0.29) is 18.1 Å². The van der Waals surface area contributed by atoms with Crippen molar-refractivity contribution in [1.29, 1.82) is 0 Å². The fourth-order valence-electron chi connectivity index (χ4n) is 3.50. The van der Waals surface area contributed by atoms with Crippen molar-refractivity contribution in [2.45, 2.75) is 25.9 Å². The third-order valence-electron chi connectivity index (χ3n) is 4.74. The molecule has 0 bridgehead atoms. The van der Waals surface area contributed by atoms with Crippen molar-refractivity contribution >= 4 is 34.8 Å². The van der Waals surface area contributed by atoms with Gasteiger partial charge in [-0.05, 0) is 18.9 Å². The van der Waals surface area contributed by atoms with Crippen LogP contribution in [0.15, 0.2) is 29.6 Å². The monoisotopic (exact) mass is 393 g/mol. The lowest BCUT2D eigenvalue weighted by Crippen LogP contribution is -2.38. The molecule has 26 heavy (non-hydrogen) atoms. The number of ether oxygens (including phenoxy) is 1. The Balaban J connectivity index is 1.92. The normalized spacial score (nSPS) is 16.1. The first-order valence-corrected chi connectivity index (χ1v) is 9.15. The van der Waals surface area contributed by atoms with Gasteiger partial charge in [0.1, 0.15) is 10.9 Å². The standard InChI is InChI=1S/C18H17Cl2N3O3/c1-2-5-21-13-8-11(12(19)9-14(13)26-10-15(21)24)16-17(20)22-6-3-4-7-23(22)18(16)25/h2,8-9H,1,3-7,10H2. The molecule has 0 aliphatic carbocycles. The average Bonchev–Trinajstić information content (AvgIpc) is 2.89. The Morgan fingerprint density at radius 1 is 1.15 bits per heavy atom. The van der Waals surface area contributed by atoms with Gasteiger partial charge in [0.2, 0.25) is 0 Å². The molecule has 0 atom stereocenters. The number of halogens is 2. The van der Waals surface area contributed by atoms with Crippen molar-refractivity contribution in [3.8, 4) is 16.9 Å². The van der Waals surface area contributed by atoms with Crippen LogP contribution in [0.25, 0.3) is 11.1 Å². The number of nitrogens with zero attached hydrogens (tertiary/aromatic N) is 3. The van der Waals surface area contributed by atoms with Crippen molar-refractivity contribution in [3.05, 3.63) is 45.3 Å². The second kappa shape index (κ2) is 6.52. The molecule has 1 aromatic heterocycles. The van der Waals surface area contributed by atoms with Crippen LogP contribution in [0.5, 0.6) is 5.75 Å². The molecular weight excluding hydrogens is 377 g/mol. The maximum absolute atomic E-state index is 12.9. The molecule has 2 aliphatic heterocycles. The van der Waals surface area contributed by atoms with Gasteiger partial charge in [0.05, 0.1) is 16.3 Å². The Labute approximate surface area is 160 Å². The zero-order valence-electron chi connectivity index (χ0n) is 14.0. The zero-order valence-corrected chi connectivity index (χ0v) is 15.5. The molecule has 0 fully saturated rings. The number of rotatable bonds is 3. The number of hydrogen-bond acceptors (Lipinski definition) is 3. The topological polar surface area (TPSA) is 56.5 Å². The highest BCUT2D eigenvalue weighted by Gasteiger charge is 2.29. The van der Waals surface area contributed by atoms with Crippen molar-refractivity contribution in [1.82, 2.24) is 9.36 Å². The first kappa shape index (κ1) is 17.2. The molecule has 0 radical (unpaired) electrons. The minimum absolute atomic E-state index is 0.0551. The molecule has 4 rings (SSSR count). The second-order valence-electron chi connectivity index (χ2n) is 6.31. The molecule has 3 heterocycles. The summed E-state index contributed by atoms with van der Waals surface area (Å²) in [6.45, 7) is 5.31. The minimum atomic E-state index is -0.176. The zero-order chi connectivity index (χ0) is 18.4. The summed E-state index contributed by atoms with van der Waals surface area (Å²) in [5, 5.41) is 0.731. The van der Waals surface area contributed by atoms with Crippen molar-refractivity contribution in [3.63, 3.8) is 0 Å². The Kier molecular flexibility index (Phi) is 4.32. The third-order valence-corrected chi connectivity index (χ3v) is 5.43. The van der Waals surface area contributed by atoms with Gasteiger partial charge in [-0.25, -0.2) is 4.68 Å². The molecule has 0 unspecified atom stereocenters. The highest BCUT2D eigenvalue weighted by atomic mass is 35.5. The highest BCUT2D eigenvalue weighted by molar-refractivity contribution is 6.36. The van der Waals surface area contributed by atoms with E-state index in [1.54, 1.807) is 32.5 Å². The second-order valence-corrected chi connectivity index (χ2v) is 7.07. The summed E-state index contributed by atoms with van der Waals surface area (Å²) in [5.74, 6) is 0.324. The van der Waals surface area contributed by atoms with Crippen LogP contribution in [-0.2, 0) is 17.9 Å². The van der Waals surface area contributed by atoms with Crippen molar-refractivity contribution in [2.24, 2.45) is 0 Å². The molecule has 2 aliphatic rings. The SMILES string of the molecule is C=CCN1C(=O)COc2cc(Cl)c(-c3c(Cl)n4n(c3=O)CCCC4)cc21. The molecule has 0 spiro atoms. The summed E-state index contributed by atoms with van der Waals surface area (Å²) in [4.78, 5) is 26.7. The van der Waals surface area contributed by atoms with Crippen molar-refractivity contribution < 1.29 is 9.53 Å². The molecule has 0 N–H and O–H groups in total. The fourth-order valence-corrected chi connectivity index (χ4v) is 4.10. The number of hydrogen-bond donors (Lipinski definition) is 0. The van der Waals surface area contributed by atoms with Crippen LogP contribution in [0.1, 0.15) is 12.8 Å². The number of anilines is 1. The van der Waals surface area contributed by atoms with E-state index in [0.29, 0.717) is 52.4 Å². The van der Waals surface area contributed by atoms with Gasteiger partial charge in [-0.15, -0.1) is 6.58 Å². The van der Waals surface area contributed by atoms with E-state index in [4.69, 9.17) is 27.9 Å². The lowest BCUT2D eigenvalue weighted by molar-refractivity contribution is -0.121. The van der Waals surface area contributed by atoms with E-state index in [0.717, 1.165) is 12.8 Å². The molecule has 0 saturated heterocycles. The average molecular weight is 394 g/mol. The Morgan fingerprint density at radius 3 is 2.58 bits per heavy atom. The minimum Gasteiger partial charge on any atom is -0.482 e. The summed E-state index contributed by atoms with van der Waals surface area (Å²) in [7, 11) is 0. The number of carbonyl (C=O) groups is 1. The van der Waals surface area contributed by atoms with Gasteiger partial charge in [-0.2, -0.15) is 0 Å². The number of aromatic nitrogens is 2. The van der Waals surface area contributed by atoms with Gasteiger partial charge in [0, 0.05) is 31.3 Å². The summed E-state index contributed by atoms with van der Waals surface area (Å²) in [6.07, 6.45) is 3.55. The summed E-state index contributed by atoms with van der Waals surface area (Å²) < 4.78 is 8.94. The van der Waals surface area contributed by atoms with E-state index in [1.165, 1.54) is 0 Å². The Morgan fingerprint density at radius 2 is 1.88 bits per heavy atom. The number of benzene rings is 1. The molecular formula is C18H17Cl2N3O3. The van der Waals surface area contributed by atoms with Crippen molar-refractivity contribution in [2.75, 3.05) is 18.1 Å². The first-order valence-electron chi connectivity index (χ1n) is 8.40. The third kappa shape index (κ3) is 2.56. The number of carbonyl (C=O) groups excluding carboxylic acids is 1. The van der Waals surface area contributed by atoms with Gasteiger partial charge in [0.15, 0.2) is 6.61 Å². The van der Waals surface area contributed by atoms with E-state index in [9.17, 15) is 9.59 Å². The molecule has 1 aromatic carbocycles. The highest BCUT2D eigenvalue weighted by Crippen LogP contribution is 2.42. The predicted molar refractivity (Wildman–Crippen MR) is 101 cm³/mol. The Bertz CT molecular complexity index is 977. The van der Waals surface area contributed by atoms with E-state index < -0.39 is 0 Å². The van der Waals surface area contributed by atoms with Crippen LogP contribution in [0.2, 0.25) is 10.2 Å². The maximum Gasteiger partial charge on any atom is 0.276 e. The largest absolute Gasteiger partial charge is 0.482 e.